The molecule has 52 heavy (non-hydrogen) atoms. The Kier molecular flexibility index (Phi) is 12.4. The van der Waals surface area contributed by atoms with E-state index in [2.05, 4.69) is 20.6 Å². The van der Waals surface area contributed by atoms with Gasteiger partial charge in [-0.15, -0.1) is 0 Å². The van der Waals surface area contributed by atoms with E-state index in [4.69, 9.17) is 0 Å². The second kappa shape index (κ2) is 17.1. The largest absolute Gasteiger partial charge is 0.324 e. The smallest absolute Gasteiger partial charge is 0.323 e. The van der Waals surface area contributed by atoms with Gasteiger partial charge in [0, 0.05) is 58.7 Å². The number of nitrogens with zero attached hydrogens (tertiary/aromatic N) is 6. The Bertz CT molecular complexity index is 1990. The van der Waals surface area contributed by atoms with Crippen molar-refractivity contribution in [3.05, 3.63) is 116 Å². The van der Waals surface area contributed by atoms with Gasteiger partial charge in [-0.05, 0) is 85.8 Å². The summed E-state index contributed by atoms with van der Waals surface area (Å²) in [4.78, 5) is 58.4. The lowest BCUT2D eigenvalue weighted by Crippen LogP contribution is -2.41. The Morgan fingerprint density at radius 1 is 0.654 bits per heavy atom. The van der Waals surface area contributed by atoms with Gasteiger partial charge < -0.3 is 18.9 Å². The van der Waals surface area contributed by atoms with Gasteiger partial charge in [-0.2, -0.15) is 0 Å². The van der Waals surface area contributed by atoms with E-state index in [9.17, 15) is 36.7 Å². The van der Waals surface area contributed by atoms with Crippen LogP contribution in [0, 0.1) is 35.1 Å². The highest BCUT2D eigenvalue weighted by molar-refractivity contribution is 5.88. The number of urea groups is 2. The van der Waals surface area contributed by atoms with Gasteiger partial charge in [0.1, 0.15) is 11.6 Å². The summed E-state index contributed by atoms with van der Waals surface area (Å²) in [5, 5.41) is 5.36. The first-order valence-electron chi connectivity index (χ1n) is 16.9. The van der Waals surface area contributed by atoms with Crippen LogP contribution < -0.4 is 21.8 Å². The molecule has 0 spiro atoms. The summed E-state index contributed by atoms with van der Waals surface area (Å²) >= 11 is 0. The number of aromatic nitrogens is 4. The first-order chi connectivity index (χ1) is 24.8. The molecule has 2 aromatic carbocycles. The monoisotopic (exact) mass is 724 g/mol. The van der Waals surface area contributed by atoms with E-state index in [1.54, 1.807) is 30.0 Å². The second-order valence-electron chi connectivity index (χ2n) is 13.1. The third-order valence-corrected chi connectivity index (χ3v) is 9.18. The molecular weight excluding hydrogens is 684 g/mol. The van der Waals surface area contributed by atoms with Crippen molar-refractivity contribution in [2.75, 3.05) is 36.8 Å². The van der Waals surface area contributed by atoms with Crippen molar-refractivity contribution >= 4 is 23.7 Å². The fraction of sp³-hybridized carbons (Fsp3) is 0.389. The van der Waals surface area contributed by atoms with Gasteiger partial charge in [0.2, 0.25) is 0 Å². The molecule has 16 heteroatoms. The van der Waals surface area contributed by atoms with Crippen LogP contribution in [-0.4, -0.2) is 67.1 Å². The van der Waals surface area contributed by atoms with E-state index in [-0.39, 0.29) is 29.1 Å². The highest BCUT2D eigenvalue weighted by atomic mass is 19.2. The van der Waals surface area contributed by atoms with Gasteiger partial charge in [-0.25, -0.2) is 37.1 Å². The molecule has 0 radical (unpaired) electrons. The molecule has 6 rings (SSSR count). The summed E-state index contributed by atoms with van der Waals surface area (Å²) in [6, 6.07) is 7.02. The van der Waals surface area contributed by atoms with Crippen molar-refractivity contribution in [3.8, 4) is 0 Å². The molecule has 4 aromatic rings. The molecule has 0 atom stereocenters. The Morgan fingerprint density at radius 2 is 1.10 bits per heavy atom. The van der Waals surface area contributed by atoms with Gasteiger partial charge >= 0.3 is 12.1 Å². The van der Waals surface area contributed by atoms with Gasteiger partial charge in [0.05, 0.1) is 12.4 Å². The van der Waals surface area contributed by atoms with Crippen LogP contribution in [0.2, 0.25) is 0 Å². The lowest BCUT2D eigenvalue weighted by Gasteiger charge is -2.32. The van der Waals surface area contributed by atoms with Crippen LogP contribution in [0.3, 0.4) is 0 Å². The molecule has 4 heterocycles. The fourth-order valence-corrected chi connectivity index (χ4v) is 6.24. The van der Waals surface area contributed by atoms with Crippen LogP contribution in [0.1, 0.15) is 36.8 Å². The van der Waals surface area contributed by atoms with Gasteiger partial charge in [0.25, 0.3) is 11.1 Å². The van der Waals surface area contributed by atoms with Crippen LogP contribution >= 0.6 is 0 Å². The van der Waals surface area contributed by atoms with E-state index in [0.717, 1.165) is 55.8 Å². The molecule has 0 bridgehead atoms. The Labute approximate surface area is 297 Å². The molecule has 4 amide bonds. The summed E-state index contributed by atoms with van der Waals surface area (Å²) in [7, 11) is 3.17. The van der Waals surface area contributed by atoms with Gasteiger partial charge in [0.15, 0.2) is 23.3 Å². The maximum Gasteiger partial charge on any atom is 0.323 e. The van der Waals surface area contributed by atoms with Crippen LogP contribution in [0.4, 0.5) is 38.8 Å². The zero-order valence-corrected chi connectivity index (χ0v) is 28.8. The number of carbonyl (C=O) groups is 2. The lowest BCUT2D eigenvalue weighted by molar-refractivity contribution is 0.182. The van der Waals surface area contributed by atoms with E-state index >= 15 is 0 Å². The molecule has 2 aliphatic heterocycles. The number of anilines is 2. The quantitative estimate of drug-likeness (QED) is 0.266. The number of rotatable bonds is 6. The minimum Gasteiger partial charge on any atom is -0.324 e. The molecule has 2 fully saturated rings. The Hall–Kier alpha value is -5.54. The first-order valence-corrected chi connectivity index (χ1v) is 16.9. The average Bonchev–Trinajstić information content (AvgIpc) is 3.10. The standard InChI is InChI=1S/2C18H20F2N4O2/c1-23-11-16(21-10-17(23)25)22-18(26)24-4-2-12(3-5-24)6-13-7-14(19)9-15(20)8-13;1-23-11-16(21-10-17(23)25)22-18(26)24-6-4-12(5-7-24)8-13-2-3-14(19)15(20)9-13/h7-12H,2-6H2,1H3,(H,22,26);2-3,9-12H,4-8H2,1H3,(H,22,26). The number of carbonyl (C=O) groups excluding carboxylic acids is 2. The topological polar surface area (TPSA) is 134 Å². The van der Waals surface area contributed by atoms with Crippen LogP contribution in [0.25, 0.3) is 0 Å². The first kappa shape index (κ1) is 37.7. The van der Waals surface area contributed by atoms with Crippen molar-refractivity contribution < 1.29 is 27.2 Å². The molecule has 0 saturated carbocycles. The molecule has 0 unspecified atom stereocenters. The van der Waals surface area contributed by atoms with E-state index < -0.39 is 23.3 Å². The summed E-state index contributed by atoms with van der Waals surface area (Å²) in [5.41, 5.74) is 0.902. The molecule has 276 valence electrons. The van der Waals surface area contributed by atoms with E-state index in [1.807, 2.05) is 0 Å². The van der Waals surface area contributed by atoms with Crippen molar-refractivity contribution in [2.45, 2.75) is 38.5 Å². The summed E-state index contributed by atoms with van der Waals surface area (Å²) in [5.74, 6) is -1.58. The predicted octanol–water partition coefficient (Wildman–Crippen LogP) is 5.09. The molecule has 2 aliphatic rings. The van der Waals surface area contributed by atoms with Crippen LogP contribution in [0.15, 0.2) is 70.8 Å². The fourth-order valence-electron chi connectivity index (χ4n) is 6.24. The van der Waals surface area contributed by atoms with Gasteiger partial charge in [-0.1, -0.05) is 6.07 Å². The minimum absolute atomic E-state index is 0.249. The zero-order valence-electron chi connectivity index (χ0n) is 28.8. The molecule has 2 saturated heterocycles. The number of piperidine rings is 2. The summed E-state index contributed by atoms with van der Waals surface area (Å²) in [6.07, 6.45) is 9.57. The number of aryl methyl sites for hydroxylation is 2. The second-order valence-corrected chi connectivity index (χ2v) is 13.1. The Morgan fingerprint density at radius 3 is 1.52 bits per heavy atom. The number of hydrogen-bond acceptors (Lipinski definition) is 6. The van der Waals surface area contributed by atoms with Crippen molar-refractivity contribution in [1.29, 1.82) is 0 Å². The maximum atomic E-state index is 13.3. The van der Waals surface area contributed by atoms with Crippen LogP contribution in [0.5, 0.6) is 0 Å². The molecule has 2 aromatic heterocycles. The van der Waals surface area contributed by atoms with Crippen molar-refractivity contribution in [1.82, 2.24) is 28.9 Å². The summed E-state index contributed by atoms with van der Waals surface area (Å²) in [6.45, 7) is 2.26. The average molecular weight is 725 g/mol. The summed E-state index contributed by atoms with van der Waals surface area (Å²) < 4.78 is 55.5. The van der Waals surface area contributed by atoms with Gasteiger partial charge in [-0.3, -0.25) is 20.2 Å². The van der Waals surface area contributed by atoms with Crippen molar-refractivity contribution in [2.24, 2.45) is 25.9 Å². The van der Waals surface area contributed by atoms with Crippen molar-refractivity contribution in [3.63, 3.8) is 0 Å². The highest BCUT2D eigenvalue weighted by Crippen LogP contribution is 2.24. The lowest BCUT2D eigenvalue weighted by atomic mass is 9.90. The number of likely N-dealkylation sites (tertiary alicyclic amines) is 2. The highest BCUT2D eigenvalue weighted by Gasteiger charge is 2.25. The number of halogens is 4. The Balaban J connectivity index is 0.000000201. The SMILES string of the molecule is Cn1cc(NC(=O)N2CCC(Cc3cc(F)cc(F)c3)CC2)ncc1=O.Cn1cc(NC(=O)N2CCC(Cc3ccc(F)c(F)c3)CC2)ncc1=O. The maximum absolute atomic E-state index is 13.3. The van der Waals surface area contributed by atoms with E-state index in [0.29, 0.717) is 62.1 Å². The number of benzene rings is 2. The van der Waals surface area contributed by atoms with E-state index in [1.165, 1.54) is 39.7 Å². The predicted molar refractivity (Wildman–Crippen MR) is 186 cm³/mol. The third-order valence-electron chi connectivity index (χ3n) is 9.18. The number of nitrogens with one attached hydrogen (secondary N) is 2. The van der Waals surface area contributed by atoms with Crippen LogP contribution in [-0.2, 0) is 26.9 Å². The minimum atomic E-state index is -0.840. The molecular formula is C36H40F4N8O4. The zero-order chi connectivity index (χ0) is 37.4. The molecule has 12 nitrogen and oxygen atoms in total. The normalized spacial score (nSPS) is 15.1. The molecule has 2 N–H and O–H groups in total. The molecule has 0 aliphatic carbocycles. The third kappa shape index (κ3) is 10.5. The number of amides is 4. The number of hydrogen-bond donors (Lipinski definition) is 2.